The van der Waals surface area contributed by atoms with Crippen molar-refractivity contribution < 1.29 is 8.42 Å². The average molecular weight is 297 g/mol. The highest BCUT2D eigenvalue weighted by atomic mass is 32.2. The molecule has 0 spiro atoms. The zero-order valence-electron chi connectivity index (χ0n) is 11.6. The molecule has 0 unspecified atom stereocenters. The van der Waals surface area contributed by atoms with Crippen molar-refractivity contribution in [3.63, 3.8) is 0 Å². The minimum atomic E-state index is -3.57. The standard InChI is InChI=1S/C17H15NO2S/c1-13-9-11-15(12-10-13)21(19,20)18-17-8-4-6-14-5-2-3-7-16(14)17/h2-7,9-12,17-18H,1H3/t17-/m1/s1. The molecule has 0 amide bonds. The van der Waals surface area contributed by atoms with Gasteiger partial charge in [0.25, 0.3) is 0 Å². The molecule has 1 aliphatic rings. The van der Waals surface area contributed by atoms with Gasteiger partial charge in [-0.1, -0.05) is 54.1 Å². The highest BCUT2D eigenvalue weighted by molar-refractivity contribution is 7.89. The summed E-state index contributed by atoms with van der Waals surface area (Å²) in [7, 11) is -3.57. The van der Waals surface area contributed by atoms with E-state index in [1.54, 1.807) is 30.3 Å². The third kappa shape index (κ3) is 2.91. The van der Waals surface area contributed by atoms with Crippen LogP contribution >= 0.6 is 0 Å². The minimum absolute atomic E-state index is 0.266. The van der Waals surface area contributed by atoms with E-state index in [1.807, 2.05) is 37.3 Å². The zero-order chi connectivity index (χ0) is 14.9. The lowest BCUT2D eigenvalue weighted by molar-refractivity contribution is 0.571. The number of benzene rings is 2. The van der Waals surface area contributed by atoms with Crippen LogP contribution in [0.2, 0.25) is 0 Å². The van der Waals surface area contributed by atoms with Gasteiger partial charge >= 0.3 is 0 Å². The predicted molar refractivity (Wildman–Crippen MR) is 83.0 cm³/mol. The van der Waals surface area contributed by atoms with E-state index in [9.17, 15) is 8.42 Å². The Balaban J connectivity index is 1.90. The highest BCUT2D eigenvalue weighted by Gasteiger charge is 2.24. The molecule has 2 radical (unpaired) electrons. The summed E-state index contributed by atoms with van der Waals surface area (Å²) in [6.45, 7) is 1.92. The van der Waals surface area contributed by atoms with E-state index in [0.717, 1.165) is 16.7 Å². The third-order valence-corrected chi connectivity index (χ3v) is 4.88. The molecule has 4 heteroatoms. The van der Waals surface area contributed by atoms with Crippen molar-refractivity contribution in [3.8, 4) is 0 Å². The van der Waals surface area contributed by atoms with Gasteiger partial charge in [0.1, 0.15) is 0 Å². The van der Waals surface area contributed by atoms with E-state index in [4.69, 9.17) is 0 Å². The van der Waals surface area contributed by atoms with Crippen molar-refractivity contribution in [1.29, 1.82) is 0 Å². The molecule has 1 atom stereocenters. The van der Waals surface area contributed by atoms with E-state index in [1.165, 1.54) is 0 Å². The molecule has 1 aliphatic carbocycles. The Kier molecular flexibility index (Phi) is 3.66. The number of rotatable bonds is 3. The van der Waals surface area contributed by atoms with Gasteiger partial charge in [0.05, 0.1) is 10.9 Å². The number of nitrogens with one attached hydrogen (secondary N) is 1. The number of aryl methyl sites for hydroxylation is 1. The Morgan fingerprint density at radius 1 is 1.05 bits per heavy atom. The molecule has 0 saturated heterocycles. The Morgan fingerprint density at radius 2 is 1.76 bits per heavy atom. The van der Waals surface area contributed by atoms with Crippen LogP contribution in [-0.4, -0.2) is 8.42 Å². The topological polar surface area (TPSA) is 46.2 Å². The summed E-state index contributed by atoms with van der Waals surface area (Å²) in [6.07, 6.45) is 6.72. The van der Waals surface area contributed by atoms with Gasteiger partial charge in [-0.2, -0.15) is 0 Å². The van der Waals surface area contributed by atoms with Gasteiger partial charge in [-0.15, -0.1) is 0 Å². The van der Waals surface area contributed by atoms with Crippen LogP contribution in [0.25, 0.3) is 6.08 Å². The quantitative estimate of drug-likeness (QED) is 0.946. The van der Waals surface area contributed by atoms with Crippen molar-refractivity contribution in [2.75, 3.05) is 0 Å². The second kappa shape index (κ2) is 5.47. The number of hydrogen-bond acceptors (Lipinski definition) is 2. The molecular formula is C17H15NO2S. The van der Waals surface area contributed by atoms with Crippen LogP contribution in [0.3, 0.4) is 0 Å². The molecule has 0 fully saturated rings. The summed E-state index contributed by atoms with van der Waals surface area (Å²) in [5.41, 5.74) is 2.95. The van der Waals surface area contributed by atoms with Crippen molar-refractivity contribution in [2.24, 2.45) is 0 Å². The van der Waals surface area contributed by atoms with Crippen molar-refractivity contribution in [3.05, 3.63) is 77.7 Å². The molecule has 3 nitrogen and oxygen atoms in total. The predicted octanol–water partition coefficient (Wildman–Crippen LogP) is 3.12. The molecule has 3 rings (SSSR count). The van der Waals surface area contributed by atoms with Crippen LogP contribution in [0.4, 0.5) is 0 Å². The maximum absolute atomic E-state index is 12.4. The smallest absolute Gasteiger partial charge is 0.207 e. The first kappa shape index (κ1) is 14.0. The fourth-order valence-electron chi connectivity index (χ4n) is 2.29. The number of fused-ring (bicyclic) bond motifs is 1. The molecule has 21 heavy (non-hydrogen) atoms. The van der Waals surface area contributed by atoms with Gasteiger partial charge in [-0.3, -0.25) is 0 Å². The van der Waals surface area contributed by atoms with Gasteiger partial charge in [0.15, 0.2) is 0 Å². The Bertz CT molecular complexity index is 777. The van der Waals surface area contributed by atoms with Crippen molar-refractivity contribution >= 4 is 16.1 Å². The molecular weight excluding hydrogens is 282 g/mol. The first-order chi connectivity index (χ1) is 10.1. The van der Waals surface area contributed by atoms with Crippen LogP contribution < -0.4 is 4.72 Å². The summed E-state index contributed by atoms with van der Waals surface area (Å²) < 4.78 is 27.6. The average Bonchev–Trinajstić information content (AvgIpc) is 2.48. The summed E-state index contributed by atoms with van der Waals surface area (Å²) in [6, 6.07) is 14.0. The van der Waals surface area contributed by atoms with E-state index < -0.39 is 16.1 Å². The lowest BCUT2D eigenvalue weighted by Gasteiger charge is -2.22. The van der Waals surface area contributed by atoms with Crippen LogP contribution in [0.1, 0.15) is 22.7 Å². The molecule has 0 heterocycles. The fourth-order valence-corrected chi connectivity index (χ4v) is 3.42. The van der Waals surface area contributed by atoms with E-state index in [2.05, 4.69) is 11.1 Å². The second-order valence-corrected chi connectivity index (χ2v) is 6.71. The SMILES string of the molecule is Cc1ccc(S(=O)(=O)N[C@@H]2[C]C=Cc3ccccc32)cc1. The highest BCUT2D eigenvalue weighted by Crippen LogP contribution is 2.28. The van der Waals surface area contributed by atoms with Gasteiger partial charge in [-0.05, 0) is 30.2 Å². The Hall–Kier alpha value is -1.91. The minimum Gasteiger partial charge on any atom is -0.207 e. The summed E-state index contributed by atoms with van der Waals surface area (Å²) in [5, 5.41) is 0. The van der Waals surface area contributed by atoms with Crippen molar-refractivity contribution in [2.45, 2.75) is 17.9 Å². The van der Waals surface area contributed by atoms with E-state index in [0.29, 0.717) is 0 Å². The van der Waals surface area contributed by atoms with Gasteiger partial charge in [0.2, 0.25) is 10.0 Å². The largest absolute Gasteiger partial charge is 0.241 e. The first-order valence-electron chi connectivity index (χ1n) is 6.67. The molecule has 0 aromatic heterocycles. The Labute approximate surface area is 125 Å². The van der Waals surface area contributed by atoms with Gasteiger partial charge in [0, 0.05) is 6.42 Å². The Morgan fingerprint density at radius 3 is 2.52 bits per heavy atom. The van der Waals surface area contributed by atoms with Crippen LogP contribution in [-0.2, 0) is 10.0 Å². The monoisotopic (exact) mass is 297 g/mol. The fraction of sp³-hybridized carbons (Fsp3) is 0.118. The maximum atomic E-state index is 12.4. The number of sulfonamides is 1. The summed E-state index contributed by atoms with van der Waals surface area (Å²) in [4.78, 5) is 0.266. The maximum Gasteiger partial charge on any atom is 0.241 e. The van der Waals surface area contributed by atoms with Crippen LogP contribution in [0.5, 0.6) is 0 Å². The van der Waals surface area contributed by atoms with E-state index in [-0.39, 0.29) is 4.90 Å². The number of hydrogen-bond donors (Lipinski definition) is 1. The zero-order valence-corrected chi connectivity index (χ0v) is 12.4. The molecule has 1 N–H and O–H groups in total. The molecule has 0 aliphatic heterocycles. The summed E-state index contributed by atoms with van der Waals surface area (Å²) >= 11 is 0. The summed E-state index contributed by atoms with van der Waals surface area (Å²) in [5.74, 6) is 0. The normalized spacial score (nSPS) is 17.5. The molecule has 0 saturated carbocycles. The molecule has 2 aromatic carbocycles. The lowest BCUT2D eigenvalue weighted by Crippen LogP contribution is -2.30. The van der Waals surface area contributed by atoms with Gasteiger partial charge in [-0.25, -0.2) is 13.1 Å². The molecule has 2 aromatic rings. The van der Waals surface area contributed by atoms with Crippen molar-refractivity contribution in [1.82, 2.24) is 4.72 Å². The second-order valence-electron chi connectivity index (χ2n) is 5.00. The van der Waals surface area contributed by atoms with Crippen LogP contribution in [0.15, 0.2) is 59.5 Å². The lowest BCUT2D eigenvalue weighted by atomic mass is 9.94. The molecule has 0 bridgehead atoms. The first-order valence-corrected chi connectivity index (χ1v) is 8.15. The third-order valence-electron chi connectivity index (χ3n) is 3.44. The van der Waals surface area contributed by atoms with E-state index >= 15 is 0 Å². The molecule has 106 valence electrons. The van der Waals surface area contributed by atoms with Crippen LogP contribution in [0, 0.1) is 13.3 Å². The van der Waals surface area contributed by atoms with Gasteiger partial charge < -0.3 is 0 Å².